The first-order valence-electron chi connectivity index (χ1n) is 10.5. The van der Waals surface area contributed by atoms with E-state index in [1.807, 2.05) is 20.8 Å². The summed E-state index contributed by atoms with van der Waals surface area (Å²) in [6, 6.07) is 0. The summed E-state index contributed by atoms with van der Waals surface area (Å²) < 4.78 is 2.21. The van der Waals surface area contributed by atoms with Crippen LogP contribution < -0.4 is 10.9 Å². The highest BCUT2D eigenvalue weighted by Crippen LogP contribution is 2.44. The molecule has 9 nitrogen and oxygen atoms in total. The van der Waals surface area contributed by atoms with Gasteiger partial charge in [-0.05, 0) is 33.6 Å². The van der Waals surface area contributed by atoms with E-state index in [4.69, 9.17) is 5.11 Å². The van der Waals surface area contributed by atoms with Gasteiger partial charge in [-0.2, -0.15) is 10.2 Å². The number of thiophene rings is 1. The third kappa shape index (κ3) is 4.02. The number of aliphatic hydroxyl groups excluding tert-OH is 2. The second-order valence-corrected chi connectivity index (χ2v) is 9.13. The normalized spacial score (nSPS) is 14.9. The van der Waals surface area contributed by atoms with E-state index in [-0.39, 0.29) is 12.1 Å². The van der Waals surface area contributed by atoms with E-state index in [9.17, 15) is 14.7 Å². The molecule has 1 saturated carbocycles. The fraction of sp³-hybridized carbons (Fsp3) is 0.524. The molecule has 0 aliphatic heterocycles. The number of aromatic nitrogens is 4. The van der Waals surface area contributed by atoms with Gasteiger partial charge in [0.05, 0.1) is 39.7 Å². The van der Waals surface area contributed by atoms with E-state index in [0.29, 0.717) is 29.8 Å². The zero-order chi connectivity index (χ0) is 22.3. The molecule has 1 fully saturated rings. The number of nitrogens with zero attached hydrogens (tertiary/aromatic N) is 3. The standard InChI is InChI=1S/C21H27N5O4S/c1-4-26-21(30)17-16(20(29)22-8-13(28)9-27)15(7-14-10(2)23-24-11(14)3)31-19(17)18(25-26)12-5-6-12/h12-13,27-28H,4-9H2,1-3H3,(H,22,29)(H,23,24). The van der Waals surface area contributed by atoms with Crippen LogP contribution in [0.5, 0.6) is 0 Å². The topological polar surface area (TPSA) is 133 Å². The highest BCUT2D eigenvalue weighted by Gasteiger charge is 2.33. The molecular weight excluding hydrogens is 418 g/mol. The number of hydrogen-bond acceptors (Lipinski definition) is 7. The number of aryl methyl sites for hydroxylation is 3. The molecule has 1 aliphatic carbocycles. The Balaban J connectivity index is 1.90. The molecule has 0 spiro atoms. The fourth-order valence-corrected chi connectivity index (χ4v) is 5.14. The van der Waals surface area contributed by atoms with Crippen LogP contribution in [0.1, 0.15) is 63.6 Å². The van der Waals surface area contributed by atoms with Crippen LogP contribution in [0, 0.1) is 13.8 Å². The number of hydrogen-bond donors (Lipinski definition) is 4. The monoisotopic (exact) mass is 445 g/mol. The number of carbonyl (C=O) groups is 1. The van der Waals surface area contributed by atoms with Crippen molar-refractivity contribution in [3.05, 3.63) is 43.4 Å². The van der Waals surface area contributed by atoms with Crippen LogP contribution >= 0.6 is 11.3 Å². The summed E-state index contributed by atoms with van der Waals surface area (Å²) in [5, 5.41) is 33.7. The van der Waals surface area contributed by atoms with Crippen molar-refractivity contribution in [3.63, 3.8) is 0 Å². The second kappa shape index (κ2) is 8.52. The molecule has 3 aromatic heterocycles. The maximum Gasteiger partial charge on any atom is 0.276 e. The summed E-state index contributed by atoms with van der Waals surface area (Å²) in [5.74, 6) is -0.114. The summed E-state index contributed by atoms with van der Waals surface area (Å²) in [4.78, 5) is 27.2. The third-order valence-corrected chi connectivity index (χ3v) is 6.92. The number of amides is 1. The molecule has 31 heavy (non-hydrogen) atoms. The van der Waals surface area contributed by atoms with Crippen molar-refractivity contribution in [3.8, 4) is 0 Å². The van der Waals surface area contributed by atoms with Crippen molar-refractivity contribution in [1.29, 1.82) is 0 Å². The van der Waals surface area contributed by atoms with Crippen LogP contribution in [0.4, 0.5) is 0 Å². The molecule has 3 heterocycles. The fourth-order valence-electron chi connectivity index (χ4n) is 3.77. The molecule has 4 N–H and O–H groups in total. The Bertz CT molecular complexity index is 1170. The Kier molecular flexibility index (Phi) is 5.96. The summed E-state index contributed by atoms with van der Waals surface area (Å²) in [6.45, 7) is 5.57. The predicted molar refractivity (Wildman–Crippen MR) is 118 cm³/mol. The Morgan fingerprint density at radius 3 is 2.71 bits per heavy atom. The van der Waals surface area contributed by atoms with Crippen molar-refractivity contribution >= 4 is 27.3 Å². The van der Waals surface area contributed by atoms with E-state index in [1.165, 1.54) is 16.0 Å². The van der Waals surface area contributed by atoms with E-state index in [1.54, 1.807) is 0 Å². The molecular formula is C21H27N5O4S. The number of rotatable bonds is 8. The molecule has 1 atom stereocenters. The maximum absolute atomic E-state index is 13.2. The van der Waals surface area contributed by atoms with Crippen molar-refractivity contribution in [1.82, 2.24) is 25.3 Å². The Hall–Kier alpha value is -2.56. The summed E-state index contributed by atoms with van der Waals surface area (Å²) in [5.41, 5.74) is 3.71. The van der Waals surface area contributed by atoms with Gasteiger partial charge in [-0.1, -0.05) is 0 Å². The maximum atomic E-state index is 13.2. The van der Waals surface area contributed by atoms with Gasteiger partial charge in [0.1, 0.15) is 0 Å². The van der Waals surface area contributed by atoms with Gasteiger partial charge in [0.25, 0.3) is 11.5 Å². The van der Waals surface area contributed by atoms with Gasteiger partial charge in [-0.25, -0.2) is 4.68 Å². The molecule has 3 aromatic rings. The zero-order valence-electron chi connectivity index (χ0n) is 17.9. The Morgan fingerprint density at radius 2 is 2.13 bits per heavy atom. The number of aromatic amines is 1. The summed E-state index contributed by atoms with van der Waals surface area (Å²) >= 11 is 1.45. The van der Waals surface area contributed by atoms with Gasteiger partial charge >= 0.3 is 0 Å². The number of H-pyrrole nitrogens is 1. The van der Waals surface area contributed by atoms with E-state index in [2.05, 4.69) is 20.6 Å². The van der Waals surface area contributed by atoms with Gasteiger partial charge in [0.15, 0.2) is 0 Å². The molecule has 4 rings (SSSR count). The van der Waals surface area contributed by atoms with Crippen LogP contribution in [-0.2, 0) is 13.0 Å². The molecule has 1 amide bonds. The van der Waals surface area contributed by atoms with Crippen LogP contribution in [-0.4, -0.2) is 55.4 Å². The van der Waals surface area contributed by atoms with Gasteiger partial charge in [-0.3, -0.25) is 14.7 Å². The minimum atomic E-state index is -1.06. The Labute approximate surface area is 183 Å². The largest absolute Gasteiger partial charge is 0.394 e. The molecule has 0 bridgehead atoms. The number of carbonyl (C=O) groups excluding carboxylic acids is 1. The SMILES string of the molecule is CCn1nc(C2CC2)c2sc(Cc3c(C)n[nH]c3C)c(C(=O)NCC(O)CO)c2c1=O. The van der Waals surface area contributed by atoms with E-state index >= 15 is 0 Å². The van der Waals surface area contributed by atoms with E-state index < -0.39 is 18.6 Å². The van der Waals surface area contributed by atoms with Gasteiger partial charge in [-0.15, -0.1) is 11.3 Å². The molecule has 0 radical (unpaired) electrons. The highest BCUT2D eigenvalue weighted by atomic mass is 32.1. The quantitative estimate of drug-likeness (QED) is 0.414. The minimum Gasteiger partial charge on any atom is -0.394 e. The third-order valence-electron chi connectivity index (χ3n) is 5.71. The molecule has 0 saturated heterocycles. The number of nitrogens with one attached hydrogen (secondary N) is 2. The lowest BCUT2D eigenvalue weighted by Gasteiger charge is -2.11. The number of fused-ring (bicyclic) bond motifs is 1. The van der Waals surface area contributed by atoms with Crippen molar-refractivity contribution in [2.24, 2.45) is 0 Å². The predicted octanol–water partition coefficient (Wildman–Crippen LogP) is 1.37. The van der Waals surface area contributed by atoms with Crippen LogP contribution in [0.25, 0.3) is 10.1 Å². The van der Waals surface area contributed by atoms with Crippen LogP contribution in [0.2, 0.25) is 0 Å². The first-order valence-corrected chi connectivity index (χ1v) is 11.3. The van der Waals surface area contributed by atoms with Crippen molar-refractivity contribution in [2.75, 3.05) is 13.2 Å². The zero-order valence-corrected chi connectivity index (χ0v) is 18.7. The van der Waals surface area contributed by atoms with Crippen LogP contribution in [0.3, 0.4) is 0 Å². The van der Waals surface area contributed by atoms with Gasteiger partial charge < -0.3 is 15.5 Å². The van der Waals surface area contributed by atoms with Crippen molar-refractivity contribution < 1.29 is 15.0 Å². The lowest BCUT2D eigenvalue weighted by molar-refractivity contribution is 0.0802. The molecule has 10 heteroatoms. The molecule has 1 unspecified atom stereocenters. The number of aliphatic hydroxyl groups is 2. The molecule has 1 aliphatic rings. The average Bonchev–Trinajstić information content (AvgIpc) is 3.46. The molecule has 0 aromatic carbocycles. The van der Waals surface area contributed by atoms with Gasteiger partial charge in [0, 0.05) is 41.6 Å². The molecule has 166 valence electrons. The second-order valence-electron chi connectivity index (χ2n) is 8.02. The smallest absolute Gasteiger partial charge is 0.276 e. The first-order chi connectivity index (χ1) is 14.8. The first kappa shape index (κ1) is 21.7. The minimum absolute atomic E-state index is 0.0988. The summed E-state index contributed by atoms with van der Waals surface area (Å²) in [6.07, 6.45) is 1.46. The Morgan fingerprint density at radius 1 is 1.39 bits per heavy atom. The van der Waals surface area contributed by atoms with Gasteiger partial charge in [0.2, 0.25) is 0 Å². The summed E-state index contributed by atoms with van der Waals surface area (Å²) in [7, 11) is 0. The lowest BCUT2D eigenvalue weighted by Crippen LogP contribution is -2.35. The van der Waals surface area contributed by atoms with E-state index in [0.717, 1.165) is 45.1 Å². The lowest BCUT2D eigenvalue weighted by atomic mass is 10.0. The van der Waals surface area contributed by atoms with Crippen molar-refractivity contribution in [2.45, 2.75) is 58.6 Å². The highest BCUT2D eigenvalue weighted by molar-refractivity contribution is 7.19. The average molecular weight is 446 g/mol. The van der Waals surface area contributed by atoms with Crippen LogP contribution in [0.15, 0.2) is 4.79 Å².